The van der Waals surface area contributed by atoms with E-state index in [1.165, 1.54) is 10.8 Å². The molecule has 1 aromatic heterocycles. The maximum atomic E-state index is 13.3. The van der Waals surface area contributed by atoms with Crippen LogP contribution in [0.1, 0.15) is 57.3 Å². The van der Waals surface area contributed by atoms with Gasteiger partial charge in [-0.05, 0) is 48.9 Å². The third-order valence-electron chi connectivity index (χ3n) is 12.7. The van der Waals surface area contributed by atoms with Crippen LogP contribution in [0.4, 0.5) is 22.0 Å². The Bertz CT molecular complexity index is 2680. The monoisotopic (exact) mass is 940 g/mol. The third-order valence-corrected chi connectivity index (χ3v) is 12.7. The van der Waals surface area contributed by atoms with Crippen molar-refractivity contribution in [2.24, 2.45) is 0 Å². The first kappa shape index (κ1) is 46.9. The maximum Gasteiger partial charge on any atom is 0.410 e. The third kappa shape index (κ3) is 10.8. The molecule has 360 valence electrons. The predicted octanol–water partition coefficient (Wildman–Crippen LogP) is 4.98. The molecule has 0 saturated carbocycles. The first-order chi connectivity index (χ1) is 33.7. The molecule has 4 aliphatic heterocycles. The lowest BCUT2D eigenvalue weighted by atomic mass is 10.0. The average molecular weight is 941 g/mol. The van der Waals surface area contributed by atoms with Gasteiger partial charge in [0.05, 0.1) is 63.0 Å². The summed E-state index contributed by atoms with van der Waals surface area (Å²) in [5, 5.41) is 7.75. The standard InChI is InChI=1S/C51H56N8O10/c1-34-31-57(22-23-58(34)51(64)69-33-35-9-3-2-4-10-35)46-38-19-21-56(42-16-7-12-36-11-5-6-13-37(36)42)32-41(38)53-50(55-46)68-30-29-67-28-27-66-26-25-65-24-20-52-40-15-8-14-39-45(40)49(63)59(48(39)62)43-17-18-44(60)54-47(43)61/h2-16,34,43,52H,17-33H2,1H3,(H,54,60,61)/t34-,43?/m1/s1. The fraction of sp³-hybridized carbons (Fsp3) is 0.392. The Kier molecular flexibility index (Phi) is 14.9. The summed E-state index contributed by atoms with van der Waals surface area (Å²) in [5.41, 5.74) is 4.97. The minimum atomic E-state index is -1.03. The normalized spacial score (nSPS) is 18.0. The van der Waals surface area contributed by atoms with Crippen molar-refractivity contribution in [2.75, 3.05) is 94.1 Å². The largest absolute Gasteiger partial charge is 0.461 e. The zero-order valence-electron chi connectivity index (χ0n) is 38.6. The minimum Gasteiger partial charge on any atom is -0.461 e. The van der Waals surface area contributed by atoms with Gasteiger partial charge in [-0.2, -0.15) is 9.97 Å². The first-order valence-corrected chi connectivity index (χ1v) is 23.5. The van der Waals surface area contributed by atoms with Crippen LogP contribution >= 0.6 is 0 Å². The second-order valence-corrected chi connectivity index (χ2v) is 17.2. The zero-order valence-corrected chi connectivity index (χ0v) is 38.6. The van der Waals surface area contributed by atoms with Crippen LogP contribution in [0.3, 0.4) is 0 Å². The molecule has 18 nitrogen and oxygen atoms in total. The SMILES string of the molecule is C[C@@H]1CN(c2nc(OCCOCCOCCOCCNc3cccc4c3C(=O)N(C3CCC(=O)NC3=O)C4=O)nc3c2CCN(c2cccc4ccccc24)C3)CCN1C(=O)OCc1ccccc1. The summed E-state index contributed by atoms with van der Waals surface area (Å²) < 4.78 is 29.1. The molecule has 0 spiro atoms. The highest BCUT2D eigenvalue weighted by molar-refractivity contribution is 6.25. The Morgan fingerprint density at radius 2 is 1.49 bits per heavy atom. The fourth-order valence-electron chi connectivity index (χ4n) is 9.28. The Morgan fingerprint density at radius 1 is 0.754 bits per heavy atom. The molecule has 2 N–H and O–H groups in total. The van der Waals surface area contributed by atoms with Gasteiger partial charge in [-0.3, -0.25) is 29.4 Å². The molecule has 0 radical (unpaired) electrons. The minimum absolute atomic E-state index is 0.0544. The van der Waals surface area contributed by atoms with Crippen LogP contribution in [-0.2, 0) is 48.1 Å². The highest BCUT2D eigenvalue weighted by Crippen LogP contribution is 2.36. The Labute approximate surface area is 399 Å². The van der Waals surface area contributed by atoms with E-state index in [0.717, 1.165) is 46.2 Å². The summed E-state index contributed by atoms with van der Waals surface area (Å²) >= 11 is 0. The lowest BCUT2D eigenvalue weighted by Gasteiger charge is -2.41. The lowest BCUT2D eigenvalue weighted by Crippen LogP contribution is -2.54. The lowest BCUT2D eigenvalue weighted by molar-refractivity contribution is -0.136. The Morgan fingerprint density at radius 3 is 2.29 bits per heavy atom. The summed E-state index contributed by atoms with van der Waals surface area (Å²) in [6.07, 6.45) is 0.570. The van der Waals surface area contributed by atoms with Crippen molar-refractivity contribution < 1.29 is 47.7 Å². The van der Waals surface area contributed by atoms with E-state index in [-0.39, 0.29) is 55.3 Å². The molecule has 5 heterocycles. The molecule has 9 rings (SSSR count). The van der Waals surface area contributed by atoms with E-state index in [1.54, 1.807) is 23.1 Å². The van der Waals surface area contributed by atoms with Crippen molar-refractivity contribution >= 4 is 57.7 Å². The van der Waals surface area contributed by atoms with Gasteiger partial charge >= 0.3 is 12.1 Å². The number of piperidine rings is 1. The van der Waals surface area contributed by atoms with Crippen LogP contribution < -0.4 is 25.2 Å². The highest BCUT2D eigenvalue weighted by Gasteiger charge is 2.45. The summed E-state index contributed by atoms with van der Waals surface area (Å²) in [7, 11) is 0. The number of benzene rings is 4. The second-order valence-electron chi connectivity index (χ2n) is 17.2. The molecular weight excluding hydrogens is 885 g/mol. The molecule has 2 saturated heterocycles. The number of fused-ring (bicyclic) bond motifs is 3. The number of carbonyl (C=O) groups excluding carboxylic acids is 5. The van der Waals surface area contributed by atoms with Gasteiger partial charge in [0.1, 0.15) is 25.1 Å². The summed E-state index contributed by atoms with van der Waals surface area (Å²) in [6.45, 7) is 7.89. The molecule has 69 heavy (non-hydrogen) atoms. The number of carbonyl (C=O) groups is 5. The van der Waals surface area contributed by atoms with Crippen molar-refractivity contribution in [3.8, 4) is 6.01 Å². The smallest absolute Gasteiger partial charge is 0.410 e. The Hall–Kier alpha value is -7.15. The second kappa shape index (κ2) is 21.9. The molecule has 5 amide bonds. The maximum absolute atomic E-state index is 13.3. The number of hydrogen-bond donors (Lipinski definition) is 2. The molecule has 18 heteroatoms. The van der Waals surface area contributed by atoms with E-state index in [2.05, 4.69) is 62.9 Å². The number of piperazine rings is 1. The van der Waals surface area contributed by atoms with E-state index in [4.69, 9.17) is 33.7 Å². The number of amides is 5. The molecule has 4 aromatic carbocycles. The number of anilines is 3. The zero-order chi connectivity index (χ0) is 47.7. The van der Waals surface area contributed by atoms with E-state index in [0.29, 0.717) is 78.1 Å². The van der Waals surface area contributed by atoms with E-state index < -0.39 is 29.7 Å². The topological polar surface area (TPSA) is 194 Å². The molecule has 0 bridgehead atoms. The van der Waals surface area contributed by atoms with E-state index in [9.17, 15) is 24.0 Å². The molecular formula is C51H56N8O10. The van der Waals surface area contributed by atoms with Gasteiger partial charge in [-0.1, -0.05) is 72.8 Å². The number of nitrogens with one attached hydrogen (secondary N) is 2. The molecule has 2 fully saturated rings. The molecule has 5 aromatic rings. The first-order valence-electron chi connectivity index (χ1n) is 23.5. The van der Waals surface area contributed by atoms with Crippen LogP contribution in [-0.4, -0.2) is 141 Å². The number of ether oxygens (including phenoxy) is 5. The average Bonchev–Trinajstić information content (AvgIpc) is 3.62. The van der Waals surface area contributed by atoms with Crippen molar-refractivity contribution in [3.63, 3.8) is 0 Å². The van der Waals surface area contributed by atoms with Crippen molar-refractivity contribution in [1.82, 2.24) is 25.1 Å². The molecule has 1 unspecified atom stereocenters. The van der Waals surface area contributed by atoms with Crippen LogP contribution in [0.25, 0.3) is 10.8 Å². The number of nitrogens with zero attached hydrogens (tertiary/aromatic N) is 6. The van der Waals surface area contributed by atoms with Crippen LogP contribution in [0.2, 0.25) is 0 Å². The molecule has 0 aliphatic carbocycles. The Balaban J connectivity index is 0.725. The van der Waals surface area contributed by atoms with Gasteiger partial charge in [-0.25, -0.2) is 4.79 Å². The number of hydrogen-bond acceptors (Lipinski definition) is 15. The van der Waals surface area contributed by atoms with Crippen molar-refractivity contribution in [3.05, 3.63) is 119 Å². The summed E-state index contributed by atoms with van der Waals surface area (Å²) in [4.78, 5) is 80.9. The van der Waals surface area contributed by atoms with Gasteiger partial charge in [0, 0.05) is 67.5 Å². The van der Waals surface area contributed by atoms with Gasteiger partial charge in [-0.15, -0.1) is 0 Å². The quantitative estimate of drug-likeness (QED) is 0.0831. The van der Waals surface area contributed by atoms with Gasteiger partial charge in [0.25, 0.3) is 11.8 Å². The van der Waals surface area contributed by atoms with Crippen molar-refractivity contribution in [1.29, 1.82) is 0 Å². The van der Waals surface area contributed by atoms with Gasteiger partial charge < -0.3 is 43.7 Å². The van der Waals surface area contributed by atoms with Crippen molar-refractivity contribution in [2.45, 2.75) is 51.4 Å². The van der Waals surface area contributed by atoms with Crippen LogP contribution in [0.15, 0.2) is 91.0 Å². The number of rotatable bonds is 19. The van der Waals surface area contributed by atoms with Crippen LogP contribution in [0.5, 0.6) is 6.01 Å². The predicted molar refractivity (Wildman–Crippen MR) is 255 cm³/mol. The number of imide groups is 2. The van der Waals surface area contributed by atoms with Gasteiger partial charge in [0.2, 0.25) is 11.8 Å². The summed E-state index contributed by atoms with van der Waals surface area (Å²) in [6, 6.07) is 28.5. The van der Waals surface area contributed by atoms with Gasteiger partial charge in [0.15, 0.2) is 0 Å². The highest BCUT2D eigenvalue weighted by atomic mass is 16.6. The summed E-state index contributed by atoms with van der Waals surface area (Å²) in [5.74, 6) is -1.37. The number of aromatic nitrogens is 2. The van der Waals surface area contributed by atoms with E-state index in [1.807, 2.05) is 37.3 Å². The van der Waals surface area contributed by atoms with Crippen LogP contribution in [0, 0.1) is 0 Å². The molecule has 4 aliphatic rings. The molecule has 2 atom stereocenters. The van der Waals surface area contributed by atoms with E-state index >= 15 is 0 Å². The fourth-order valence-corrected chi connectivity index (χ4v) is 9.28.